The van der Waals surface area contributed by atoms with Crippen molar-refractivity contribution in [2.45, 2.75) is 18.6 Å². The molecule has 6 nitrogen and oxygen atoms in total. The third-order valence-electron chi connectivity index (χ3n) is 7.08. The monoisotopic (exact) mass is 505 g/mol. The van der Waals surface area contributed by atoms with Crippen molar-refractivity contribution in [3.05, 3.63) is 99.0 Å². The lowest BCUT2D eigenvalue weighted by molar-refractivity contribution is -0.127. The zero-order valence-electron chi connectivity index (χ0n) is 18.3. The van der Waals surface area contributed by atoms with E-state index in [0.29, 0.717) is 10.6 Å². The average Bonchev–Trinajstić information content (AvgIpc) is 3.40. The van der Waals surface area contributed by atoms with Crippen LogP contribution in [0, 0.1) is 18.8 Å². The third kappa shape index (κ3) is 2.88. The molecule has 2 heterocycles. The summed E-state index contributed by atoms with van der Waals surface area (Å²) < 4.78 is 6.26. The van der Waals surface area contributed by atoms with Crippen molar-refractivity contribution in [1.29, 1.82) is 0 Å². The summed E-state index contributed by atoms with van der Waals surface area (Å²) in [5, 5.41) is 0.445. The van der Waals surface area contributed by atoms with Gasteiger partial charge in [-0.15, -0.1) is 0 Å². The van der Waals surface area contributed by atoms with Crippen molar-refractivity contribution in [3.63, 3.8) is 0 Å². The van der Waals surface area contributed by atoms with Gasteiger partial charge in [-0.2, -0.15) is 0 Å². The van der Waals surface area contributed by atoms with Crippen LogP contribution in [0.3, 0.4) is 0 Å². The zero-order valence-corrected chi connectivity index (χ0v) is 19.8. The quantitative estimate of drug-likeness (QED) is 0.361. The largest absolute Gasteiger partial charge is 0.349 e. The van der Waals surface area contributed by atoms with Gasteiger partial charge in [-0.1, -0.05) is 77.3 Å². The SMILES string of the molecule is Cc1ccc([C@@H]2OC3(C(=O)c4ccccc4C3=O)[C@H]3C(=O)N(c4ccc(Cl)cc4Cl)C(=O)[C@@H]23)cc1. The van der Waals surface area contributed by atoms with Gasteiger partial charge in [0.1, 0.15) is 0 Å². The molecule has 35 heavy (non-hydrogen) atoms. The minimum Gasteiger partial charge on any atom is -0.349 e. The fourth-order valence-electron chi connectivity index (χ4n) is 5.47. The first kappa shape index (κ1) is 22.2. The summed E-state index contributed by atoms with van der Waals surface area (Å²) >= 11 is 12.4. The fourth-order valence-corrected chi connectivity index (χ4v) is 5.97. The topological polar surface area (TPSA) is 80.8 Å². The Hall–Kier alpha value is -3.32. The molecule has 6 rings (SSSR count). The molecule has 3 aromatic carbocycles. The summed E-state index contributed by atoms with van der Waals surface area (Å²) in [5.41, 5.74) is -0.0163. The number of anilines is 1. The first-order valence-electron chi connectivity index (χ1n) is 11.0. The van der Waals surface area contributed by atoms with Crippen LogP contribution in [0.15, 0.2) is 66.7 Å². The summed E-state index contributed by atoms with van der Waals surface area (Å²) in [6.45, 7) is 1.92. The molecule has 2 aliphatic heterocycles. The maximum atomic E-state index is 13.9. The summed E-state index contributed by atoms with van der Waals surface area (Å²) in [4.78, 5) is 56.2. The van der Waals surface area contributed by atoms with Crippen molar-refractivity contribution in [2.24, 2.45) is 11.8 Å². The maximum absolute atomic E-state index is 13.9. The first-order valence-corrected chi connectivity index (χ1v) is 11.8. The van der Waals surface area contributed by atoms with Gasteiger partial charge in [-0.3, -0.25) is 19.2 Å². The summed E-state index contributed by atoms with van der Waals surface area (Å²) in [5.74, 6) is -4.91. The number of benzene rings is 3. The summed E-state index contributed by atoms with van der Waals surface area (Å²) in [6, 6.07) is 18.0. The highest BCUT2D eigenvalue weighted by Crippen LogP contribution is 2.58. The molecule has 0 bridgehead atoms. The number of rotatable bonds is 2. The second-order valence-corrected chi connectivity index (χ2v) is 9.84. The van der Waals surface area contributed by atoms with Crippen LogP contribution in [0.25, 0.3) is 0 Å². The fraction of sp³-hybridized carbons (Fsp3) is 0.185. The highest BCUT2D eigenvalue weighted by molar-refractivity contribution is 6.40. The van der Waals surface area contributed by atoms with Crippen molar-refractivity contribution in [2.75, 3.05) is 4.90 Å². The van der Waals surface area contributed by atoms with E-state index in [1.54, 1.807) is 24.3 Å². The average molecular weight is 506 g/mol. The third-order valence-corrected chi connectivity index (χ3v) is 7.61. The van der Waals surface area contributed by atoms with Gasteiger partial charge in [-0.25, -0.2) is 4.90 Å². The number of hydrogen-bond acceptors (Lipinski definition) is 5. The number of aryl methyl sites for hydroxylation is 1. The van der Waals surface area contributed by atoms with Crippen LogP contribution in [0.1, 0.15) is 37.9 Å². The van der Waals surface area contributed by atoms with Crippen LogP contribution in [0.4, 0.5) is 5.69 Å². The van der Waals surface area contributed by atoms with Crippen molar-refractivity contribution >= 4 is 52.3 Å². The molecule has 0 radical (unpaired) electrons. The maximum Gasteiger partial charge on any atom is 0.241 e. The Morgan fingerprint density at radius 2 is 1.46 bits per heavy atom. The molecule has 1 spiro atoms. The number of carbonyl (C=O) groups is 4. The lowest BCUT2D eigenvalue weighted by atomic mass is 9.77. The minimum absolute atomic E-state index is 0.105. The van der Waals surface area contributed by atoms with Crippen LogP contribution in [-0.2, 0) is 14.3 Å². The van der Waals surface area contributed by atoms with Gasteiger partial charge in [0.25, 0.3) is 0 Å². The Balaban J connectivity index is 1.55. The predicted molar refractivity (Wildman–Crippen MR) is 129 cm³/mol. The number of ketones is 2. The molecule has 0 aromatic heterocycles. The lowest BCUT2D eigenvalue weighted by Gasteiger charge is -2.27. The van der Waals surface area contributed by atoms with E-state index in [9.17, 15) is 19.2 Å². The lowest BCUT2D eigenvalue weighted by Crippen LogP contribution is -2.51. The predicted octanol–water partition coefficient (Wildman–Crippen LogP) is 5.00. The number of fused-ring (bicyclic) bond motifs is 3. The van der Waals surface area contributed by atoms with E-state index in [1.165, 1.54) is 30.3 Å². The summed E-state index contributed by atoms with van der Waals surface area (Å²) in [6.07, 6.45) is -0.977. The molecule has 2 amide bonds. The molecular weight excluding hydrogens is 489 g/mol. The van der Waals surface area contributed by atoms with Gasteiger partial charge in [0.15, 0.2) is 0 Å². The van der Waals surface area contributed by atoms with Gasteiger partial charge in [-0.05, 0) is 30.7 Å². The summed E-state index contributed by atoms with van der Waals surface area (Å²) in [7, 11) is 0. The first-order chi connectivity index (χ1) is 16.8. The Morgan fingerprint density at radius 3 is 2.06 bits per heavy atom. The standard InChI is InChI=1S/C27H17Cl2NO5/c1-13-6-8-14(9-7-13)22-20-21(26(34)30(25(20)33)19-11-10-15(28)12-18(19)29)27(35-22)23(31)16-4-2-3-5-17(16)24(27)32/h2-12,20-22H,1H3/t20-,21-,22+/m1/s1. The molecule has 2 saturated heterocycles. The second kappa shape index (κ2) is 7.59. The van der Waals surface area contributed by atoms with Gasteiger partial charge < -0.3 is 4.74 Å². The second-order valence-electron chi connectivity index (χ2n) is 9.00. The van der Waals surface area contributed by atoms with Crippen LogP contribution < -0.4 is 4.90 Å². The Morgan fingerprint density at radius 1 is 0.829 bits per heavy atom. The van der Waals surface area contributed by atoms with Crippen molar-refractivity contribution in [3.8, 4) is 0 Å². The molecular formula is C27H17Cl2NO5. The number of hydrogen-bond donors (Lipinski definition) is 0. The Kier molecular flexibility index (Phi) is 4.81. The van der Waals surface area contributed by atoms with E-state index in [4.69, 9.17) is 27.9 Å². The normalized spacial score (nSPS) is 24.4. The number of imide groups is 1. The van der Waals surface area contributed by atoms with E-state index >= 15 is 0 Å². The van der Waals surface area contributed by atoms with E-state index in [-0.39, 0.29) is 21.8 Å². The molecule has 3 aromatic rings. The number of carbonyl (C=O) groups excluding carboxylic acids is 4. The van der Waals surface area contributed by atoms with Gasteiger partial charge in [0.05, 0.1) is 28.6 Å². The molecule has 174 valence electrons. The van der Waals surface area contributed by atoms with E-state index < -0.39 is 46.9 Å². The molecule has 3 atom stereocenters. The molecule has 3 aliphatic rings. The van der Waals surface area contributed by atoms with Gasteiger partial charge >= 0.3 is 0 Å². The van der Waals surface area contributed by atoms with Crippen LogP contribution in [0.5, 0.6) is 0 Å². The molecule has 0 N–H and O–H groups in total. The minimum atomic E-state index is -2.12. The molecule has 8 heteroatoms. The number of halogens is 2. The smallest absolute Gasteiger partial charge is 0.241 e. The number of amides is 2. The Bertz CT molecular complexity index is 1430. The van der Waals surface area contributed by atoms with E-state index in [0.717, 1.165) is 10.5 Å². The van der Waals surface area contributed by atoms with E-state index in [1.807, 2.05) is 19.1 Å². The van der Waals surface area contributed by atoms with Gasteiger partial charge in [0.2, 0.25) is 29.0 Å². The Labute approximate surface area is 210 Å². The van der Waals surface area contributed by atoms with Crippen LogP contribution in [0.2, 0.25) is 10.0 Å². The van der Waals surface area contributed by atoms with Crippen LogP contribution in [-0.4, -0.2) is 29.0 Å². The molecule has 0 saturated carbocycles. The van der Waals surface area contributed by atoms with E-state index in [2.05, 4.69) is 0 Å². The van der Waals surface area contributed by atoms with Crippen molar-refractivity contribution < 1.29 is 23.9 Å². The van der Waals surface area contributed by atoms with Crippen molar-refractivity contribution in [1.82, 2.24) is 0 Å². The van der Waals surface area contributed by atoms with Gasteiger partial charge in [0, 0.05) is 16.1 Å². The number of Topliss-reactive ketones (excluding diaryl/α,β-unsaturated/α-hetero) is 2. The zero-order chi connectivity index (χ0) is 24.6. The molecule has 1 aliphatic carbocycles. The highest BCUT2D eigenvalue weighted by Gasteiger charge is 2.74. The number of ether oxygens (including phenoxy) is 1. The molecule has 0 unspecified atom stereocenters. The number of nitrogens with zero attached hydrogens (tertiary/aromatic N) is 1. The van der Waals surface area contributed by atoms with Crippen LogP contribution >= 0.6 is 23.2 Å². The molecule has 2 fully saturated rings. The highest BCUT2D eigenvalue weighted by atomic mass is 35.5.